The summed E-state index contributed by atoms with van der Waals surface area (Å²) in [4.78, 5) is 0.573. The number of fused-ring (bicyclic) bond motifs is 1. The predicted octanol–water partition coefficient (Wildman–Crippen LogP) is 4.14. The molecule has 2 rings (SSSR count). The number of hydrogen-bond acceptors (Lipinski definition) is 0. The van der Waals surface area contributed by atoms with Crippen LogP contribution in [0.3, 0.4) is 0 Å². The van der Waals surface area contributed by atoms with Crippen LogP contribution in [0.2, 0.25) is 0 Å². The number of benzene rings is 1. The Kier molecular flexibility index (Phi) is 2.30. The Morgan fingerprint density at radius 3 is 2.92 bits per heavy atom. The van der Waals surface area contributed by atoms with Crippen molar-refractivity contribution in [3.63, 3.8) is 0 Å². The molecule has 0 aromatic heterocycles. The van der Waals surface area contributed by atoms with Gasteiger partial charge < -0.3 is 0 Å². The van der Waals surface area contributed by atoms with Crippen LogP contribution >= 0.6 is 31.9 Å². The monoisotopic (exact) mass is 288 g/mol. The standard InChI is InChI=1S/C10H10Br2/c1-6-4-8-7(10(12)5-6)2-3-9(8)11/h4-5,9H,2-3H2,1H3. The van der Waals surface area contributed by atoms with E-state index in [1.807, 2.05) is 0 Å². The first-order valence-corrected chi connectivity index (χ1v) is 5.82. The second-order valence-electron chi connectivity index (χ2n) is 3.32. The Morgan fingerprint density at radius 2 is 2.17 bits per heavy atom. The molecule has 1 aliphatic rings. The summed E-state index contributed by atoms with van der Waals surface area (Å²) in [5, 5.41) is 0. The van der Waals surface area contributed by atoms with Gasteiger partial charge in [-0.3, -0.25) is 0 Å². The van der Waals surface area contributed by atoms with Gasteiger partial charge in [0, 0.05) is 9.30 Å². The van der Waals surface area contributed by atoms with E-state index in [9.17, 15) is 0 Å². The second-order valence-corrected chi connectivity index (χ2v) is 5.28. The molecule has 0 N–H and O–H groups in total. The van der Waals surface area contributed by atoms with E-state index in [1.165, 1.54) is 34.0 Å². The topological polar surface area (TPSA) is 0 Å². The maximum Gasteiger partial charge on any atom is 0.0401 e. The average molecular weight is 290 g/mol. The Morgan fingerprint density at radius 1 is 1.42 bits per heavy atom. The van der Waals surface area contributed by atoms with Gasteiger partial charge in [-0.15, -0.1) is 0 Å². The van der Waals surface area contributed by atoms with E-state index in [1.54, 1.807) is 0 Å². The third kappa shape index (κ3) is 1.35. The van der Waals surface area contributed by atoms with Gasteiger partial charge in [-0.2, -0.15) is 0 Å². The smallest absolute Gasteiger partial charge is 0.0401 e. The first kappa shape index (κ1) is 8.76. The zero-order valence-electron chi connectivity index (χ0n) is 6.90. The van der Waals surface area contributed by atoms with Crippen molar-refractivity contribution in [2.24, 2.45) is 0 Å². The van der Waals surface area contributed by atoms with Crippen molar-refractivity contribution < 1.29 is 0 Å². The van der Waals surface area contributed by atoms with Gasteiger partial charge in [0.05, 0.1) is 0 Å². The molecule has 0 nitrogen and oxygen atoms in total. The highest BCUT2D eigenvalue weighted by atomic mass is 79.9. The van der Waals surface area contributed by atoms with Gasteiger partial charge in [0.15, 0.2) is 0 Å². The largest absolute Gasteiger partial charge is 0.0839 e. The minimum Gasteiger partial charge on any atom is -0.0839 e. The number of aryl methyl sites for hydroxylation is 1. The summed E-state index contributed by atoms with van der Waals surface area (Å²) in [6.07, 6.45) is 2.43. The third-order valence-electron chi connectivity index (χ3n) is 2.36. The highest BCUT2D eigenvalue weighted by Crippen LogP contribution is 2.41. The maximum atomic E-state index is 3.68. The molecule has 0 saturated carbocycles. The van der Waals surface area contributed by atoms with E-state index in [0.717, 1.165) is 0 Å². The average Bonchev–Trinajstić information content (AvgIpc) is 2.33. The molecule has 0 radical (unpaired) electrons. The summed E-state index contributed by atoms with van der Waals surface area (Å²) in [5.41, 5.74) is 4.30. The maximum absolute atomic E-state index is 3.68. The van der Waals surface area contributed by atoms with Gasteiger partial charge in [-0.1, -0.05) is 37.9 Å². The third-order valence-corrected chi connectivity index (χ3v) is 4.02. The van der Waals surface area contributed by atoms with Crippen LogP contribution in [-0.2, 0) is 6.42 Å². The molecule has 1 aromatic carbocycles. The van der Waals surface area contributed by atoms with Crippen LogP contribution in [0.1, 0.15) is 27.9 Å². The van der Waals surface area contributed by atoms with Gasteiger partial charge in [0.2, 0.25) is 0 Å². The predicted molar refractivity (Wildman–Crippen MR) is 58.9 cm³/mol. The molecule has 1 aliphatic carbocycles. The molecule has 1 unspecified atom stereocenters. The van der Waals surface area contributed by atoms with Crippen molar-refractivity contribution in [3.05, 3.63) is 33.3 Å². The molecule has 1 atom stereocenters. The first-order chi connectivity index (χ1) is 5.68. The summed E-state index contributed by atoms with van der Waals surface area (Å²) < 4.78 is 1.28. The lowest BCUT2D eigenvalue weighted by molar-refractivity contribution is 0.902. The van der Waals surface area contributed by atoms with Crippen LogP contribution in [0.15, 0.2) is 16.6 Å². The van der Waals surface area contributed by atoms with E-state index in [-0.39, 0.29) is 0 Å². The van der Waals surface area contributed by atoms with Crippen molar-refractivity contribution in [3.8, 4) is 0 Å². The van der Waals surface area contributed by atoms with E-state index < -0.39 is 0 Å². The van der Waals surface area contributed by atoms with Gasteiger partial charge in [-0.25, -0.2) is 0 Å². The van der Waals surface area contributed by atoms with Gasteiger partial charge in [0.1, 0.15) is 0 Å². The van der Waals surface area contributed by atoms with Crippen LogP contribution in [0.4, 0.5) is 0 Å². The van der Waals surface area contributed by atoms with Crippen molar-refractivity contribution >= 4 is 31.9 Å². The van der Waals surface area contributed by atoms with Gasteiger partial charge in [0.25, 0.3) is 0 Å². The van der Waals surface area contributed by atoms with Crippen molar-refractivity contribution in [2.75, 3.05) is 0 Å². The van der Waals surface area contributed by atoms with E-state index >= 15 is 0 Å². The molecule has 0 aliphatic heterocycles. The lowest BCUT2D eigenvalue weighted by atomic mass is 10.1. The molecule has 2 heteroatoms. The number of hydrogen-bond donors (Lipinski definition) is 0. The van der Waals surface area contributed by atoms with Crippen molar-refractivity contribution in [2.45, 2.75) is 24.6 Å². The van der Waals surface area contributed by atoms with E-state index in [4.69, 9.17) is 0 Å². The molecule has 0 spiro atoms. The van der Waals surface area contributed by atoms with Crippen LogP contribution < -0.4 is 0 Å². The molecule has 0 heterocycles. The summed E-state index contributed by atoms with van der Waals surface area (Å²) in [7, 11) is 0. The quantitative estimate of drug-likeness (QED) is 0.630. The number of halogens is 2. The second kappa shape index (κ2) is 3.15. The minimum absolute atomic E-state index is 0.573. The minimum atomic E-state index is 0.573. The van der Waals surface area contributed by atoms with Gasteiger partial charge in [-0.05, 0) is 42.5 Å². The molecule has 1 aromatic rings. The van der Waals surface area contributed by atoms with Crippen molar-refractivity contribution in [1.82, 2.24) is 0 Å². The van der Waals surface area contributed by atoms with E-state index in [0.29, 0.717) is 4.83 Å². The number of rotatable bonds is 0. The Hall–Kier alpha value is 0.180. The Bertz CT molecular complexity index is 318. The van der Waals surface area contributed by atoms with E-state index in [2.05, 4.69) is 50.9 Å². The molecule has 0 bridgehead atoms. The van der Waals surface area contributed by atoms with Crippen LogP contribution in [0.5, 0.6) is 0 Å². The fourth-order valence-corrected chi connectivity index (χ4v) is 3.19. The fourth-order valence-electron chi connectivity index (χ4n) is 1.77. The molecular weight excluding hydrogens is 280 g/mol. The normalized spacial score (nSPS) is 21.1. The summed E-state index contributed by atoms with van der Waals surface area (Å²) in [6.45, 7) is 2.14. The molecule has 0 amide bonds. The summed E-state index contributed by atoms with van der Waals surface area (Å²) in [6, 6.07) is 4.48. The Labute approximate surface area is 89.6 Å². The highest BCUT2D eigenvalue weighted by molar-refractivity contribution is 9.10. The lowest BCUT2D eigenvalue weighted by Gasteiger charge is -2.06. The van der Waals surface area contributed by atoms with Crippen LogP contribution in [0, 0.1) is 6.92 Å². The zero-order chi connectivity index (χ0) is 8.72. The fraction of sp³-hybridized carbons (Fsp3) is 0.400. The summed E-state index contributed by atoms with van der Waals surface area (Å²) in [5.74, 6) is 0. The lowest BCUT2D eigenvalue weighted by Crippen LogP contribution is -1.86. The van der Waals surface area contributed by atoms with Crippen LogP contribution in [-0.4, -0.2) is 0 Å². The van der Waals surface area contributed by atoms with Gasteiger partial charge >= 0.3 is 0 Å². The first-order valence-electron chi connectivity index (χ1n) is 4.11. The highest BCUT2D eigenvalue weighted by Gasteiger charge is 2.21. The molecule has 0 fully saturated rings. The molecule has 12 heavy (non-hydrogen) atoms. The number of alkyl halides is 1. The molecule has 0 saturated heterocycles. The Balaban J connectivity index is 2.60. The van der Waals surface area contributed by atoms with Crippen LogP contribution in [0.25, 0.3) is 0 Å². The van der Waals surface area contributed by atoms with Crippen molar-refractivity contribution in [1.29, 1.82) is 0 Å². The summed E-state index contributed by atoms with van der Waals surface area (Å²) >= 11 is 7.29. The zero-order valence-corrected chi connectivity index (χ0v) is 10.1. The molecular formula is C10H10Br2. The molecule has 64 valence electrons. The SMILES string of the molecule is Cc1cc(Br)c2c(c1)C(Br)CC2.